The van der Waals surface area contributed by atoms with E-state index in [0.717, 1.165) is 25.7 Å². The minimum Gasteiger partial charge on any atom is -0.455 e. The van der Waals surface area contributed by atoms with E-state index in [0.29, 0.717) is 30.8 Å². The van der Waals surface area contributed by atoms with Crippen molar-refractivity contribution in [3.8, 4) is 0 Å². The highest BCUT2D eigenvalue weighted by molar-refractivity contribution is 5.87. The molecule has 0 heterocycles. The molecule has 0 aromatic rings. The molecule has 5 aliphatic carbocycles. The standard InChI is InChI=1S/C35H56O7/c1-9-20(2)29(41)42-28-27(40)30(3,4)16-22-21-10-11-24-31(5)14-13-25(38)32(6,18-36)23(31)12-15-33(24,7)34(21,8)17-26(39)35(22,28)19-37/h9-10,22-28,36-40H,11-19H2,1-8H3/b20-9+/t22?,23-,24?,25?,26-,27?,28+,31?,32+,33?,34-,35?/m1/s1. The van der Waals surface area contributed by atoms with Crippen molar-refractivity contribution in [3.05, 3.63) is 23.3 Å². The molecular formula is C35H56O7. The van der Waals surface area contributed by atoms with Gasteiger partial charge in [-0.25, -0.2) is 4.79 Å². The van der Waals surface area contributed by atoms with Crippen LogP contribution in [0.3, 0.4) is 0 Å². The van der Waals surface area contributed by atoms with Crippen LogP contribution in [-0.2, 0) is 9.53 Å². The van der Waals surface area contributed by atoms with Crippen molar-refractivity contribution >= 4 is 5.97 Å². The number of ether oxygens (including phenoxy) is 1. The summed E-state index contributed by atoms with van der Waals surface area (Å²) in [7, 11) is 0. The fraction of sp³-hybridized carbons (Fsp3) is 0.857. The van der Waals surface area contributed by atoms with Gasteiger partial charge in [-0.15, -0.1) is 0 Å². The lowest BCUT2D eigenvalue weighted by Crippen LogP contribution is -2.72. The van der Waals surface area contributed by atoms with E-state index in [-0.39, 0.29) is 41.3 Å². The first-order valence-corrected chi connectivity index (χ1v) is 16.2. The second kappa shape index (κ2) is 10.1. The Kier molecular flexibility index (Phi) is 7.76. The minimum atomic E-state index is -1.21. The van der Waals surface area contributed by atoms with Crippen LogP contribution in [-0.4, -0.2) is 69.1 Å². The first-order valence-electron chi connectivity index (χ1n) is 16.2. The third-order valence-electron chi connectivity index (χ3n) is 14.5. The third kappa shape index (κ3) is 3.92. The molecule has 4 saturated carbocycles. The predicted octanol–water partition coefficient (Wildman–Crippen LogP) is 4.54. The zero-order chi connectivity index (χ0) is 31.3. The number of hydrogen-bond acceptors (Lipinski definition) is 7. The highest BCUT2D eigenvalue weighted by atomic mass is 16.6. The van der Waals surface area contributed by atoms with Crippen LogP contribution < -0.4 is 0 Å². The third-order valence-corrected chi connectivity index (χ3v) is 14.5. The predicted molar refractivity (Wildman–Crippen MR) is 161 cm³/mol. The quantitative estimate of drug-likeness (QED) is 0.185. The molecule has 0 saturated heterocycles. The molecule has 7 unspecified atom stereocenters. The zero-order valence-electron chi connectivity index (χ0n) is 27.1. The number of esters is 1. The van der Waals surface area contributed by atoms with E-state index in [1.165, 1.54) is 5.57 Å². The van der Waals surface area contributed by atoms with E-state index in [1.807, 2.05) is 13.8 Å². The minimum absolute atomic E-state index is 0.0275. The lowest BCUT2D eigenvalue weighted by molar-refractivity contribution is -0.263. The van der Waals surface area contributed by atoms with Crippen LogP contribution in [0.15, 0.2) is 23.3 Å². The average molecular weight is 589 g/mol. The molecule has 0 spiro atoms. The summed E-state index contributed by atoms with van der Waals surface area (Å²) in [5, 5.41) is 56.5. The number of fused-ring (bicyclic) bond motifs is 7. The fourth-order valence-corrected chi connectivity index (χ4v) is 11.4. The smallest absolute Gasteiger partial charge is 0.333 e. The van der Waals surface area contributed by atoms with Gasteiger partial charge in [-0.2, -0.15) is 0 Å². The van der Waals surface area contributed by atoms with Gasteiger partial charge in [-0.3, -0.25) is 0 Å². The van der Waals surface area contributed by atoms with Gasteiger partial charge in [0.2, 0.25) is 0 Å². The van der Waals surface area contributed by atoms with Gasteiger partial charge < -0.3 is 30.3 Å². The number of carbonyl (C=O) groups is 1. The van der Waals surface area contributed by atoms with Gasteiger partial charge in [0.25, 0.3) is 0 Å². The highest BCUT2D eigenvalue weighted by Crippen LogP contribution is 2.75. The van der Waals surface area contributed by atoms with Crippen LogP contribution in [0.5, 0.6) is 0 Å². The number of aliphatic hydroxyl groups excluding tert-OH is 5. The van der Waals surface area contributed by atoms with Crippen molar-refractivity contribution in [2.75, 3.05) is 13.2 Å². The molecule has 5 N–H and O–H groups in total. The molecule has 42 heavy (non-hydrogen) atoms. The van der Waals surface area contributed by atoms with Crippen LogP contribution in [0.25, 0.3) is 0 Å². The Hall–Kier alpha value is -1.25. The Bertz CT molecular complexity index is 1160. The van der Waals surface area contributed by atoms with Gasteiger partial charge in [0.1, 0.15) is 6.10 Å². The van der Waals surface area contributed by atoms with Gasteiger partial charge in [0.05, 0.1) is 36.9 Å². The van der Waals surface area contributed by atoms with Crippen LogP contribution in [0, 0.1) is 50.2 Å². The van der Waals surface area contributed by atoms with E-state index < -0.39 is 46.6 Å². The summed E-state index contributed by atoms with van der Waals surface area (Å²) in [5.41, 5.74) is -1.30. The molecule has 12 atom stereocenters. The first-order chi connectivity index (χ1) is 19.4. The van der Waals surface area contributed by atoms with Crippen LogP contribution in [0.4, 0.5) is 0 Å². The van der Waals surface area contributed by atoms with E-state index in [4.69, 9.17) is 4.74 Å². The summed E-state index contributed by atoms with van der Waals surface area (Å²) in [5.74, 6) is -0.299. The molecular weight excluding hydrogens is 532 g/mol. The average Bonchev–Trinajstić information content (AvgIpc) is 2.93. The van der Waals surface area contributed by atoms with Gasteiger partial charge in [0, 0.05) is 11.0 Å². The summed E-state index contributed by atoms with van der Waals surface area (Å²) >= 11 is 0. The van der Waals surface area contributed by atoms with Crippen molar-refractivity contribution in [2.45, 2.75) is 125 Å². The Morgan fingerprint density at radius 3 is 2.21 bits per heavy atom. The lowest BCUT2D eigenvalue weighted by Gasteiger charge is -2.72. The van der Waals surface area contributed by atoms with Crippen molar-refractivity contribution in [2.24, 2.45) is 50.2 Å². The SMILES string of the molecule is C/C=C(\C)C(=O)O[C@H]1C(O)C(C)(C)CC2C3=CCC4C5(C)CCC(O)[C@@](C)(CO)[C@@H]5CCC4(C)[C@]3(C)C[C@@H](O)C21CO. The summed E-state index contributed by atoms with van der Waals surface area (Å²) < 4.78 is 6.05. The molecule has 238 valence electrons. The second-order valence-corrected chi connectivity index (χ2v) is 16.5. The zero-order valence-corrected chi connectivity index (χ0v) is 27.1. The molecule has 0 radical (unpaired) electrons. The van der Waals surface area contributed by atoms with E-state index in [2.05, 4.69) is 33.8 Å². The van der Waals surface area contributed by atoms with Crippen molar-refractivity contribution in [1.29, 1.82) is 0 Å². The van der Waals surface area contributed by atoms with Crippen LogP contribution in [0.1, 0.15) is 100 Å². The first kappa shape index (κ1) is 32.2. The van der Waals surface area contributed by atoms with Gasteiger partial charge in [-0.1, -0.05) is 59.3 Å². The second-order valence-electron chi connectivity index (χ2n) is 16.5. The number of carbonyl (C=O) groups excluding carboxylic acids is 1. The largest absolute Gasteiger partial charge is 0.455 e. The monoisotopic (exact) mass is 588 g/mol. The Balaban J connectivity index is 1.62. The van der Waals surface area contributed by atoms with Crippen molar-refractivity contribution in [3.63, 3.8) is 0 Å². The van der Waals surface area contributed by atoms with Gasteiger partial charge in [0.15, 0.2) is 0 Å². The summed E-state index contributed by atoms with van der Waals surface area (Å²) in [6.45, 7) is 16.1. The molecule has 5 aliphatic rings. The molecule has 0 amide bonds. The molecule has 4 fully saturated rings. The highest BCUT2D eigenvalue weighted by Gasteiger charge is 2.73. The molecule has 0 bridgehead atoms. The maximum Gasteiger partial charge on any atom is 0.333 e. The van der Waals surface area contributed by atoms with Gasteiger partial charge in [-0.05, 0) is 98.2 Å². The number of rotatable bonds is 4. The summed E-state index contributed by atoms with van der Waals surface area (Å²) in [4.78, 5) is 13.1. The maximum absolute atomic E-state index is 13.1. The molecule has 0 aromatic heterocycles. The molecule has 0 aliphatic heterocycles. The van der Waals surface area contributed by atoms with Crippen LogP contribution in [0.2, 0.25) is 0 Å². The summed E-state index contributed by atoms with van der Waals surface area (Å²) in [6.07, 6.45) is 5.68. The lowest BCUT2D eigenvalue weighted by atomic mass is 9.33. The molecule has 7 heteroatoms. The number of allylic oxidation sites excluding steroid dienone is 3. The Morgan fingerprint density at radius 2 is 1.62 bits per heavy atom. The normalized spacial score (nSPS) is 51.8. The van der Waals surface area contributed by atoms with E-state index in [1.54, 1.807) is 19.9 Å². The Morgan fingerprint density at radius 1 is 0.952 bits per heavy atom. The number of aliphatic hydroxyl groups is 5. The van der Waals surface area contributed by atoms with E-state index in [9.17, 15) is 30.3 Å². The maximum atomic E-state index is 13.1. The Labute approximate surface area is 252 Å². The number of hydrogen-bond donors (Lipinski definition) is 5. The molecule has 5 rings (SSSR count). The van der Waals surface area contributed by atoms with Crippen molar-refractivity contribution < 1.29 is 35.1 Å². The van der Waals surface area contributed by atoms with Crippen LogP contribution >= 0.6 is 0 Å². The van der Waals surface area contributed by atoms with Gasteiger partial charge >= 0.3 is 5.97 Å². The fourth-order valence-electron chi connectivity index (χ4n) is 11.4. The van der Waals surface area contributed by atoms with E-state index >= 15 is 0 Å². The van der Waals surface area contributed by atoms with Crippen molar-refractivity contribution in [1.82, 2.24) is 0 Å². The molecule has 0 aromatic carbocycles. The molecule has 7 nitrogen and oxygen atoms in total. The topological polar surface area (TPSA) is 127 Å². The summed E-state index contributed by atoms with van der Waals surface area (Å²) in [6, 6.07) is 0.